The van der Waals surface area contributed by atoms with Crippen molar-refractivity contribution in [3.05, 3.63) is 11.8 Å². The summed E-state index contributed by atoms with van der Waals surface area (Å²) in [6.45, 7) is 8.56. The van der Waals surface area contributed by atoms with Gasteiger partial charge in [-0.05, 0) is 6.92 Å². The number of nitrogens with one attached hydrogen (secondary N) is 1. The Morgan fingerprint density at radius 3 is 2.78 bits per heavy atom. The number of esters is 1. The van der Waals surface area contributed by atoms with Gasteiger partial charge in [-0.3, -0.25) is 15.0 Å². The van der Waals surface area contributed by atoms with E-state index < -0.39 is 0 Å². The summed E-state index contributed by atoms with van der Waals surface area (Å²) in [7, 11) is 1.70. The Bertz CT molecular complexity index is 578. The number of anilines is 1. The zero-order valence-corrected chi connectivity index (χ0v) is 14.3. The third-order valence-electron chi connectivity index (χ3n) is 3.56. The van der Waals surface area contributed by atoms with Crippen LogP contribution in [0.1, 0.15) is 33.5 Å². The first kappa shape index (κ1) is 17.3. The fourth-order valence-electron chi connectivity index (χ4n) is 2.30. The molecule has 0 saturated carbocycles. The van der Waals surface area contributed by atoms with Gasteiger partial charge in [0.25, 0.3) is 0 Å². The molecule has 1 saturated heterocycles. The van der Waals surface area contributed by atoms with Crippen LogP contribution < -0.4 is 10.2 Å². The Morgan fingerprint density at radius 2 is 2.22 bits per heavy atom. The van der Waals surface area contributed by atoms with Gasteiger partial charge in [0.1, 0.15) is 11.9 Å². The Labute approximate surface area is 135 Å². The van der Waals surface area contributed by atoms with Gasteiger partial charge in [-0.2, -0.15) is 0 Å². The Kier molecular flexibility index (Phi) is 4.93. The summed E-state index contributed by atoms with van der Waals surface area (Å²) in [5, 5.41) is 7.04. The topological polar surface area (TPSA) is 87.9 Å². The Balaban J connectivity index is 2.14. The molecule has 1 N–H and O–H groups in total. The molecule has 1 unspecified atom stereocenters. The molecule has 0 aromatic carbocycles. The lowest BCUT2D eigenvalue weighted by atomic mass is 9.93. The highest BCUT2D eigenvalue weighted by molar-refractivity contribution is 5.93. The molecule has 1 atom stereocenters. The molecule has 0 bridgehead atoms. The second-order valence-electron chi connectivity index (χ2n) is 6.53. The van der Waals surface area contributed by atoms with E-state index in [2.05, 4.69) is 10.5 Å². The SMILES string of the molecule is CCOC(=O)CNC1CN(C)C(=O)N1c1cc(C(C)(C)C)on1. The van der Waals surface area contributed by atoms with E-state index in [1.807, 2.05) is 20.8 Å². The second-order valence-corrected chi connectivity index (χ2v) is 6.53. The molecule has 1 aliphatic heterocycles. The highest BCUT2D eigenvalue weighted by Gasteiger charge is 2.38. The molecule has 1 aromatic heterocycles. The third-order valence-corrected chi connectivity index (χ3v) is 3.56. The van der Waals surface area contributed by atoms with Crippen LogP contribution in [0.4, 0.5) is 10.6 Å². The Hall–Kier alpha value is -2.09. The fourth-order valence-corrected chi connectivity index (χ4v) is 2.30. The van der Waals surface area contributed by atoms with E-state index >= 15 is 0 Å². The van der Waals surface area contributed by atoms with Gasteiger partial charge in [0, 0.05) is 18.5 Å². The minimum Gasteiger partial charge on any atom is -0.465 e. The van der Waals surface area contributed by atoms with Crippen molar-refractivity contribution in [1.29, 1.82) is 0 Å². The highest BCUT2D eigenvalue weighted by atomic mass is 16.5. The minimum absolute atomic E-state index is 0.0279. The van der Waals surface area contributed by atoms with Crippen LogP contribution in [-0.4, -0.2) is 55.0 Å². The van der Waals surface area contributed by atoms with E-state index in [9.17, 15) is 9.59 Å². The lowest BCUT2D eigenvalue weighted by Gasteiger charge is -2.20. The second kappa shape index (κ2) is 6.57. The van der Waals surface area contributed by atoms with Crippen molar-refractivity contribution < 1.29 is 18.8 Å². The molecule has 0 radical (unpaired) electrons. The van der Waals surface area contributed by atoms with Gasteiger partial charge in [-0.25, -0.2) is 4.79 Å². The first-order valence-corrected chi connectivity index (χ1v) is 7.64. The summed E-state index contributed by atoms with van der Waals surface area (Å²) in [6.07, 6.45) is -0.366. The number of ether oxygens (including phenoxy) is 1. The predicted molar refractivity (Wildman–Crippen MR) is 84.1 cm³/mol. The third kappa shape index (κ3) is 3.82. The van der Waals surface area contributed by atoms with Crippen molar-refractivity contribution in [2.45, 2.75) is 39.3 Å². The molecule has 0 aliphatic carbocycles. The monoisotopic (exact) mass is 324 g/mol. The average Bonchev–Trinajstić information content (AvgIpc) is 3.03. The zero-order chi connectivity index (χ0) is 17.2. The summed E-state index contributed by atoms with van der Waals surface area (Å²) in [5.41, 5.74) is -0.201. The van der Waals surface area contributed by atoms with Gasteiger partial charge in [-0.1, -0.05) is 25.9 Å². The quantitative estimate of drug-likeness (QED) is 0.822. The highest BCUT2D eigenvalue weighted by Crippen LogP contribution is 2.28. The number of amides is 2. The van der Waals surface area contributed by atoms with Crippen LogP contribution in [-0.2, 0) is 14.9 Å². The lowest BCUT2D eigenvalue weighted by Crippen LogP contribution is -2.46. The number of aromatic nitrogens is 1. The van der Waals surface area contributed by atoms with Crippen LogP contribution in [0.5, 0.6) is 0 Å². The summed E-state index contributed by atoms with van der Waals surface area (Å²) in [5.74, 6) is 0.773. The van der Waals surface area contributed by atoms with Crippen LogP contribution in [0.3, 0.4) is 0 Å². The molecule has 1 fully saturated rings. The van der Waals surface area contributed by atoms with E-state index in [1.54, 1.807) is 24.9 Å². The summed E-state index contributed by atoms with van der Waals surface area (Å²) in [6, 6.07) is 1.57. The number of nitrogens with zero attached hydrogens (tertiary/aromatic N) is 3. The van der Waals surface area contributed by atoms with Gasteiger partial charge in [0.05, 0.1) is 19.7 Å². The van der Waals surface area contributed by atoms with Crippen molar-refractivity contribution in [2.75, 3.05) is 31.6 Å². The molecule has 23 heavy (non-hydrogen) atoms. The average molecular weight is 324 g/mol. The van der Waals surface area contributed by atoms with Gasteiger partial charge in [-0.15, -0.1) is 0 Å². The van der Waals surface area contributed by atoms with Crippen LogP contribution in [0, 0.1) is 0 Å². The molecule has 8 nitrogen and oxygen atoms in total. The van der Waals surface area contributed by atoms with E-state index in [1.165, 1.54) is 4.90 Å². The first-order chi connectivity index (χ1) is 10.7. The largest absolute Gasteiger partial charge is 0.465 e. The molecule has 1 aliphatic rings. The molecular weight excluding hydrogens is 300 g/mol. The molecule has 0 spiro atoms. The van der Waals surface area contributed by atoms with Crippen LogP contribution in [0.15, 0.2) is 10.6 Å². The van der Waals surface area contributed by atoms with Crippen molar-refractivity contribution in [2.24, 2.45) is 0 Å². The van der Waals surface area contributed by atoms with Gasteiger partial charge in [0.15, 0.2) is 5.82 Å². The number of urea groups is 1. The molecule has 8 heteroatoms. The molecule has 2 amide bonds. The summed E-state index contributed by atoms with van der Waals surface area (Å²) >= 11 is 0. The number of likely N-dealkylation sites (N-methyl/N-ethyl adjacent to an activating group) is 1. The predicted octanol–water partition coefficient (Wildman–Crippen LogP) is 1.32. The van der Waals surface area contributed by atoms with Gasteiger partial charge >= 0.3 is 12.0 Å². The minimum atomic E-state index is -0.366. The molecule has 2 rings (SSSR count). The maximum atomic E-state index is 12.4. The number of hydrogen-bond donors (Lipinski definition) is 1. The maximum Gasteiger partial charge on any atom is 0.327 e. The van der Waals surface area contributed by atoms with Crippen LogP contribution in [0.25, 0.3) is 0 Å². The van der Waals surface area contributed by atoms with Crippen LogP contribution >= 0.6 is 0 Å². The number of carbonyl (C=O) groups excluding carboxylic acids is 2. The summed E-state index contributed by atoms with van der Waals surface area (Å²) < 4.78 is 10.2. The molecule has 2 heterocycles. The lowest BCUT2D eigenvalue weighted by molar-refractivity contribution is -0.142. The molecule has 1 aromatic rings. The fraction of sp³-hybridized carbons (Fsp3) is 0.667. The van der Waals surface area contributed by atoms with E-state index in [-0.39, 0.29) is 30.1 Å². The molecular formula is C15H24N4O4. The standard InChI is InChI=1S/C15H24N4O4/c1-6-22-13(20)8-16-12-9-18(5)14(21)19(12)11-7-10(23-17-11)15(2,3)4/h7,12,16H,6,8-9H2,1-5H3. The Morgan fingerprint density at radius 1 is 1.52 bits per heavy atom. The zero-order valence-electron chi connectivity index (χ0n) is 14.3. The smallest absolute Gasteiger partial charge is 0.327 e. The van der Waals surface area contributed by atoms with E-state index in [0.717, 1.165) is 0 Å². The number of rotatable bonds is 5. The van der Waals surface area contributed by atoms with E-state index in [0.29, 0.717) is 24.7 Å². The van der Waals surface area contributed by atoms with Crippen molar-refractivity contribution >= 4 is 17.8 Å². The van der Waals surface area contributed by atoms with E-state index in [4.69, 9.17) is 9.26 Å². The normalized spacial score (nSPS) is 18.7. The number of carbonyl (C=O) groups is 2. The molecule has 128 valence electrons. The maximum absolute atomic E-state index is 12.4. The number of hydrogen-bond acceptors (Lipinski definition) is 6. The summed E-state index contributed by atoms with van der Waals surface area (Å²) in [4.78, 5) is 26.9. The van der Waals surface area contributed by atoms with Gasteiger partial charge in [0.2, 0.25) is 0 Å². The van der Waals surface area contributed by atoms with Crippen molar-refractivity contribution in [3.8, 4) is 0 Å². The van der Waals surface area contributed by atoms with Crippen molar-refractivity contribution in [1.82, 2.24) is 15.4 Å². The van der Waals surface area contributed by atoms with Crippen molar-refractivity contribution in [3.63, 3.8) is 0 Å². The van der Waals surface area contributed by atoms with Crippen LogP contribution in [0.2, 0.25) is 0 Å². The van der Waals surface area contributed by atoms with Gasteiger partial charge < -0.3 is 14.2 Å². The first-order valence-electron chi connectivity index (χ1n) is 7.64.